The van der Waals surface area contributed by atoms with Crippen molar-refractivity contribution in [2.24, 2.45) is 11.7 Å². The van der Waals surface area contributed by atoms with Gasteiger partial charge in [-0.1, -0.05) is 55.8 Å². The van der Waals surface area contributed by atoms with Crippen LogP contribution < -0.4 is 31.7 Å². The zero-order valence-corrected chi connectivity index (χ0v) is 22.7. The smallest absolute Gasteiger partial charge is 0.243 e. The first kappa shape index (κ1) is 29.4. The lowest BCUT2D eigenvalue weighted by atomic mass is 10.0. The number of para-hydroxylation sites is 1. The van der Waals surface area contributed by atoms with E-state index >= 15 is 0 Å². The fourth-order valence-corrected chi connectivity index (χ4v) is 4.38. The van der Waals surface area contributed by atoms with Crippen LogP contribution in [0.3, 0.4) is 0 Å². The van der Waals surface area contributed by atoms with Crippen molar-refractivity contribution >= 4 is 29.3 Å². The van der Waals surface area contributed by atoms with E-state index in [2.05, 4.69) is 21.3 Å². The van der Waals surface area contributed by atoms with Gasteiger partial charge in [-0.05, 0) is 54.5 Å². The highest BCUT2D eigenvalue weighted by Gasteiger charge is 2.30. The lowest BCUT2D eigenvalue weighted by Crippen LogP contribution is -2.59. The maximum Gasteiger partial charge on any atom is 0.243 e. The summed E-state index contributed by atoms with van der Waals surface area (Å²) in [5, 5.41) is 12.3. The molecule has 6 N–H and O–H groups in total. The van der Waals surface area contributed by atoms with Crippen LogP contribution in [0, 0.1) is 5.92 Å². The molecule has 10 heteroatoms. The van der Waals surface area contributed by atoms with Gasteiger partial charge in [0.05, 0.1) is 6.04 Å². The Bertz CT molecular complexity index is 1080. The lowest BCUT2D eigenvalue weighted by molar-refractivity contribution is -0.133. The van der Waals surface area contributed by atoms with Crippen LogP contribution in [0.15, 0.2) is 48.5 Å². The van der Waals surface area contributed by atoms with E-state index < -0.39 is 24.0 Å². The van der Waals surface area contributed by atoms with Crippen LogP contribution in [0.5, 0.6) is 5.75 Å². The Morgan fingerprint density at radius 1 is 0.947 bits per heavy atom. The van der Waals surface area contributed by atoms with Gasteiger partial charge in [-0.2, -0.15) is 0 Å². The molecule has 0 fully saturated rings. The zero-order valence-electron chi connectivity index (χ0n) is 22.0. The van der Waals surface area contributed by atoms with Crippen LogP contribution in [0.2, 0.25) is 5.02 Å². The summed E-state index contributed by atoms with van der Waals surface area (Å²) in [6.07, 6.45) is 1.80. The lowest BCUT2D eigenvalue weighted by Gasteiger charge is -2.27. The monoisotopic (exact) mass is 543 g/mol. The third-order valence-electron chi connectivity index (χ3n) is 6.43. The normalized spacial score (nSPS) is 22.2. The van der Waals surface area contributed by atoms with E-state index in [-0.39, 0.29) is 24.3 Å². The van der Waals surface area contributed by atoms with E-state index in [4.69, 9.17) is 22.1 Å². The molecule has 0 unspecified atom stereocenters. The van der Waals surface area contributed by atoms with Gasteiger partial charge < -0.3 is 31.7 Å². The summed E-state index contributed by atoms with van der Waals surface area (Å²) in [6, 6.07) is 12.7. The summed E-state index contributed by atoms with van der Waals surface area (Å²) in [5.41, 5.74) is 7.75. The largest absolute Gasteiger partial charge is 0.492 e. The number of hydrogen-bond acceptors (Lipinski definition) is 6. The maximum atomic E-state index is 13.4. The number of hydrogen-bond donors (Lipinski definition) is 5. The second kappa shape index (κ2) is 14.7. The second-order valence-electron chi connectivity index (χ2n) is 9.72. The number of benzene rings is 2. The van der Waals surface area contributed by atoms with Crippen molar-refractivity contribution < 1.29 is 19.1 Å². The molecule has 3 amide bonds. The van der Waals surface area contributed by atoms with Crippen LogP contribution in [0.25, 0.3) is 0 Å². The molecule has 0 spiro atoms. The number of rotatable bonds is 4. The van der Waals surface area contributed by atoms with Crippen LogP contribution >= 0.6 is 11.6 Å². The molecule has 0 aromatic heterocycles. The molecule has 1 aliphatic rings. The van der Waals surface area contributed by atoms with E-state index in [1.807, 2.05) is 50.2 Å². The molecular weight excluding hydrogens is 506 g/mol. The molecule has 2 aromatic rings. The predicted octanol–water partition coefficient (Wildman–Crippen LogP) is 1.57. The molecule has 2 aromatic carbocycles. The molecule has 0 saturated carbocycles. The van der Waals surface area contributed by atoms with Crippen molar-refractivity contribution in [2.45, 2.75) is 51.2 Å². The minimum Gasteiger partial charge on any atom is -0.492 e. The van der Waals surface area contributed by atoms with Crippen LogP contribution in [0.1, 0.15) is 31.4 Å². The quantitative estimate of drug-likeness (QED) is 0.397. The van der Waals surface area contributed by atoms with Crippen molar-refractivity contribution in [2.75, 3.05) is 26.2 Å². The van der Waals surface area contributed by atoms with Crippen molar-refractivity contribution in [1.82, 2.24) is 21.3 Å². The summed E-state index contributed by atoms with van der Waals surface area (Å²) in [6.45, 7) is 4.81. The number of amides is 3. The Morgan fingerprint density at radius 3 is 2.39 bits per heavy atom. The average molecular weight is 544 g/mol. The molecule has 0 bridgehead atoms. The molecule has 0 aliphatic carbocycles. The number of carbonyl (C=O) groups excluding carboxylic acids is 3. The number of nitrogens with one attached hydrogen (secondary N) is 4. The SMILES string of the molecule is CC(C)[C@H]1NC(=O)[C@@H](Cc2ccc(Cl)cc2)NCCOc2ccccc2CCCNC(=O)[C@H](CN)NC1=O. The zero-order chi connectivity index (χ0) is 27.5. The van der Waals surface area contributed by atoms with Crippen molar-refractivity contribution in [1.29, 1.82) is 0 Å². The Morgan fingerprint density at radius 2 is 1.68 bits per heavy atom. The van der Waals surface area contributed by atoms with Crippen molar-refractivity contribution in [3.05, 3.63) is 64.7 Å². The van der Waals surface area contributed by atoms with Crippen LogP contribution in [0.4, 0.5) is 0 Å². The van der Waals surface area contributed by atoms with Gasteiger partial charge in [0.25, 0.3) is 0 Å². The van der Waals surface area contributed by atoms with Gasteiger partial charge in [0.1, 0.15) is 24.4 Å². The summed E-state index contributed by atoms with van der Waals surface area (Å²) >= 11 is 6.03. The first-order valence-corrected chi connectivity index (χ1v) is 13.4. The van der Waals surface area contributed by atoms with Gasteiger partial charge in [-0.25, -0.2) is 0 Å². The molecule has 1 heterocycles. The van der Waals surface area contributed by atoms with Gasteiger partial charge in [0, 0.05) is 24.7 Å². The molecule has 0 saturated heterocycles. The van der Waals surface area contributed by atoms with Crippen molar-refractivity contribution in [3.8, 4) is 5.75 Å². The first-order chi connectivity index (χ1) is 18.3. The molecular formula is C28H38ClN5O4. The highest BCUT2D eigenvalue weighted by atomic mass is 35.5. The number of nitrogens with two attached hydrogens (primary N) is 1. The topological polar surface area (TPSA) is 135 Å². The highest BCUT2D eigenvalue weighted by molar-refractivity contribution is 6.30. The Labute approximate surface area is 229 Å². The van der Waals surface area contributed by atoms with Gasteiger partial charge >= 0.3 is 0 Å². The maximum absolute atomic E-state index is 13.4. The van der Waals surface area contributed by atoms with Crippen LogP contribution in [-0.4, -0.2) is 62.1 Å². The van der Waals surface area contributed by atoms with E-state index in [1.165, 1.54) is 0 Å². The number of aryl methyl sites for hydroxylation is 1. The Balaban J connectivity index is 1.84. The third-order valence-corrected chi connectivity index (χ3v) is 6.68. The second-order valence-corrected chi connectivity index (χ2v) is 10.2. The summed E-state index contributed by atoms with van der Waals surface area (Å²) in [5.74, 6) is -0.594. The Kier molecular flexibility index (Phi) is 11.4. The molecule has 1 aliphatic heterocycles. The summed E-state index contributed by atoms with van der Waals surface area (Å²) in [4.78, 5) is 39.3. The molecule has 3 rings (SSSR count). The molecule has 38 heavy (non-hydrogen) atoms. The van der Waals surface area contributed by atoms with E-state index in [9.17, 15) is 14.4 Å². The standard InChI is InChI=1S/C28H38ClN5O4/c1-18(2)25-28(37)33-23(17-30)26(35)32-13-5-7-20-6-3-4-8-24(20)38-15-14-31-22(27(36)34-25)16-19-9-11-21(29)12-10-19/h3-4,6,8-12,18,22-23,25,31H,5,7,13-17,30H2,1-2H3,(H,32,35)(H,33,37)(H,34,36)/t22-,23+,25-/m1/s1. The fourth-order valence-electron chi connectivity index (χ4n) is 4.25. The van der Waals surface area contributed by atoms with E-state index in [1.54, 1.807) is 12.1 Å². The number of carbonyl (C=O) groups is 3. The first-order valence-electron chi connectivity index (χ1n) is 13.1. The highest BCUT2D eigenvalue weighted by Crippen LogP contribution is 2.19. The Hall–Kier alpha value is -3.14. The van der Waals surface area contributed by atoms with Gasteiger partial charge in [-0.3, -0.25) is 14.4 Å². The average Bonchev–Trinajstić information content (AvgIpc) is 2.90. The molecule has 206 valence electrons. The molecule has 3 atom stereocenters. The fraction of sp³-hybridized carbons (Fsp3) is 0.464. The summed E-state index contributed by atoms with van der Waals surface area (Å²) in [7, 11) is 0. The van der Waals surface area contributed by atoms with Gasteiger partial charge in [0.15, 0.2) is 0 Å². The van der Waals surface area contributed by atoms with Gasteiger partial charge in [0.2, 0.25) is 17.7 Å². The van der Waals surface area contributed by atoms with E-state index in [0.717, 1.165) is 16.9 Å². The van der Waals surface area contributed by atoms with Crippen molar-refractivity contribution in [3.63, 3.8) is 0 Å². The minimum atomic E-state index is -0.904. The third kappa shape index (κ3) is 8.72. The number of ether oxygens (including phenoxy) is 1. The predicted molar refractivity (Wildman–Crippen MR) is 148 cm³/mol. The van der Waals surface area contributed by atoms with Crippen LogP contribution in [-0.2, 0) is 27.2 Å². The number of fused-ring (bicyclic) bond motifs is 1. The molecule has 0 radical (unpaired) electrons. The number of halogens is 1. The molecule has 9 nitrogen and oxygen atoms in total. The minimum absolute atomic E-state index is 0.0618. The van der Waals surface area contributed by atoms with E-state index in [0.29, 0.717) is 44.0 Å². The summed E-state index contributed by atoms with van der Waals surface area (Å²) < 4.78 is 6.03. The van der Waals surface area contributed by atoms with Gasteiger partial charge in [-0.15, -0.1) is 0 Å².